The fraction of sp³-hybridized carbons (Fsp3) is 0.350. The highest BCUT2D eigenvalue weighted by atomic mass is 15.1. The van der Waals surface area contributed by atoms with Gasteiger partial charge in [0.25, 0.3) is 0 Å². The van der Waals surface area contributed by atoms with Crippen molar-refractivity contribution in [3.05, 3.63) is 65.6 Å². The first-order valence-corrected chi connectivity index (χ1v) is 8.41. The van der Waals surface area contributed by atoms with Gasteiger partial charge < -0.3 is 9.47 Å². The molecule has 1 unspecified atom stereocenters. The van der Waals surface area contributed by atoms with Crippen molar-refractivity contribution >= 4 is 10.9 Å². The number of benzene rings is 1. The van der Waals surface area contributed by atoms with Gasteiger partial charge in [-0.2, -0.15) is 0 Å². The number of likely N-dealkylation sites (N-methyl/N-ethyl adjacent to an activating group) is 1. The van der Waals surface area contributed by atoms with E-state index in [9.17, 15) is 0 Å². The summed E-state index contributed by atoms with van der Waals surface area (Å²) in [5.74, 6) is 0.461. The summed E-state index contributed by atoms with van der Waals surface area (Å²) in [6.45, 7) is 5.52. The van der Waals surface area contributed by atoms with Crippen molar-refractivity contribution in [1.82, 2.24) is 14.5 Å². The van der Waals surface area contributed by atoms with E-state index in [4.69, 9.17) is 0 Å². The number of nitrogens with zero attached hydrogens (tertiary/aromatic N) is 3. The van der Waals surface area contributed by atoms with E-state index in [1.807, 2.05) is 18.5 Å². The Kier molecular flexibility index (Phi) is 3.66. The van der Waals surface area contributed by atoms with Gasteiger partial charge in [0.2, 0.25) is 0 Å². The standard InChI is InChI=1S/C20H23N3/c1-15(16-6-5-10-21-12-16)13-23-19-8-4-3-7-17(19)18-14-22(2)11-9-20(18)23/h3-8,10,12,15H,9,11,13-14H2,1-2H3. The Balaban J connectivity index is 1.78. The summed E-state index contributed by atoms with van der Waals surface area (Å²) >= 11 is 0. The fourth-order valence-corrected chi connectivity index (χ4v) is 3.79. The van der Waals surface area contributed by atoms with Gasteiger partial charge in [0, 0.05) is 61.0 Å². The molecule has 1 aromatic carbocycles. The Labute approximate surface area is 137 Å². The Morgan fingerprint density at radius 1 is 1.17 bits per heavy atom. The van der Waals surface area contributed by atoms with Crippen molar-refractivity contribution in [3.63, 3.8) is 0 Å². The zero-order valence-corrected chi connectivity index (χ0v) is 13.9. The molecule has 0 radical (unpaired) electrons. The van der Waals surface area contributed by atoms with Gasteiger partial charge in [-0.1, -0.05) is 31.2 Å². The number of hydrogen-bond acceptors (Lipinski definition) is 2. The quantitative estimate of drug-likeness (QED) is 0.733. The number of para-hydroxylation sites is 1. The normalized spacial score (nSPS) is 16.4. The van der Waals surface area contributed by atoms with Crippen LogP contribution in [-0.4, -0.2) is 28.0 Å². The van der Waals surface area contributed by atoms with Crippen LogP contribution in [0.3, 0.4) is 0 Å². The van der Waals surface area contributed by atoms with Crippen LogP contribution < -0.4 is 0 Å². The topological polar surface area (TPSA) is 21.1 Å². The Morgan fingerprint density at radius 3 is 2.87 bits per heavy atom. The molecular weight excluding hydrogens is 282 g/mol. The van der Waals surface area contributed by atoms with E-state index in [1.165, 1.54) is 27.7 Å². The molecule has 3 aromatic rings. The van der Waals surface area contributed by atoms with Crippen LogP contribution in [0, 0.1) is 0 Å². The molecule has 1 atom stereocenters. The summed E-state index contributed by atoms with van der Waals surface area (Å²) < 4.78 is 2.55. The molecule has 3 heteroatoms. The molecule has 0 fully saturated rings. The number of rotatable bonds is 3. The lowest BCUT2D eigenvalue weighted by molar-refractivity contribution is 0.308. The van der Waals surface area contributed by atoms with Gasteiger partial charge in [-0.25, -0.2) is 0 Å². The molecule has 4 rings (SSSR count). The fourth-order valence-electron chi connectivity index (χ4n) is 3.79. The van der Waals surface area contributed by atoms with Crippen molar-refractivity contribution in [2.75, 3.05) is 13.6 Å². The first kappa shape index (κ1) is 14.5. The van der Waals surface area contributed by atoms with E-state index in [2.05, 4.69) is 58.8 Å². The van der Waals surface area contributed by atoms with Crippen molar-refractivity contribution in [1.29, 1.82) is 0 Å². The minimum absolute atomic E-state index is 0.461. The zero-order valence-electron chi connectivity index (χ0n) is 13.9. The van der Waals surface area contributed by atoms with Crippen molar-refractivity contribution in [3.8, 4) is 0 Å². The number of fused-ring (bicyclic) bond motifs is 3. The van der Waals surface area contributed by atoms with E-state index in [0.29, 0.717) is 5.92 Å². The number of aromatic nitrogens is 2. The van der Waals surface area contributed by atoms with E-state index < -0.39 is 0 Å². The molecular formula is C20H23N3. The van der Waals surface area contributed by atoms with E-state index in [1.54, 1.807) is 0 Å². The van der Waals surface area contributed by atoms with Gasteiger partial charge >= 0.3 is 0 Å². The van der Waals surface area contributed by atoms with Crippen LogP contribution in [0.15, 0.2) is 48.8 Å². The minimum atomic E-state index is 0.461. The van der Waals surface area contributed by atoms with Gasteiger partial charge in [0.05, 0.1) is 0 Å². The van der Waals surface area contributed by atoms with Crippen LogP contribution in [0.2, 0.25) is 0 Å². The molecule has 0 spiro atoms. The average Bonchev–Trinajstić information content (AvgIpc) is 2.89. The number of pyridine rings is 1. The molecule has 0 bridgehead atoms. The van der Waals surface area contributed by atoms with Crippen LogP contribution in [-0.2, 0) is 19.5 Å². The summed E-state index contributed by atoms with van der Waals surface area (Å²) in [5.41, 5.74) is 5.74. The van der Waals surface area contributed by atoms with E-state index >= 15 is 0 Å². The van der Waals surface area contributed by atoms with Gasteiger partial charge in [-0.3, -0.25) is 4.98 Å². The molecule has 23 heavy (non-hydrogen) atoms. The third-order valence-electron chi connectivity index (χ3n) is 5.06. The van der Waals surface area contributed by atoms with Crippen molar-refractivity contribution in [2.45, 2.75) is 32.4 Å². The molecule has 0 aliphatic carbocycles. The smallest absolute Gasteiger partial charge is 0.0486 e. The number of hydrogen-bond donors (Lipinski definition) is 0. The van der Waals surface area contributed by atoms with Gasteiger partial charge in [0.15, 0.2) is 0 Å². The largest absolute Gasteiger partial charge is 0.344 e. The highest BCUT2D eigenvalue weighted by molar-refractivity contribution is 5.85. The summed E-state index contributed by atoms with van der Waals surface area (Å²) in [6.07, 6.45) is 4.98. The summed E-state index contributed by atoms with van der Waals surface area (Å²) in [6, 6.07) is 13.1. The Hall–Kier alpha value is -2.13. The van der Waals surface area contributed by atoms with Crippen LogP contribution in [0.1, 0.15) is 29.7 Å². The molecule has 0 saturated carbocycles. The molecule has 0 saturated heterocycles. The second-order valence-corrected chi connectivity index (χ2v) is 6.73. The predicted molar refractivity (Wildman–Crippen MR) is 94.6 cm³/mol. The molecule has 1 aliphatic heterocycles. The van der Waals surface area contributed by atoms with Gasteiger partial charge in [-0.05, 0) is 30.3 Å². The van der Waals surface area contributed by atoms with E-state index in [-0.39, 0.29) is 0 Å². The molecule has 118 valence electrons. The van der Waals surface area contributed by atoms with Crippen LogP contribution in [0.25, 0.3) is 10.9 Å². The van der Waals surface area contributed by atoms with Crippen LogP contribution in [0.5, 0.6) is 0 Å². The monoisotopic (exact) mass is 305 g/mol. The van der Waals surface area contributed by atoms with Gasteiger partial charge in [0.1, 0.15) is 0 Å². The van der Waals surface area contributed by atoms with E-state index in [0.717, 1.165) is 26.1 Å². The lowest BCUT2D eigenvalue weighted by atomic mass is 10.0. The highest BCUT2D eigenvalue weighted by Crippen LogP contribution is 2.32. The highest BCUT2D eigenvalue weighted by Gasteiger charge is 2.23. The first-order chi connectivity index (χ1) is 11.2. The minimum Gasteiger partial charge on any atom is -0.344 e. The first-order valence-electron chi connectivity index (χ1n) is 8.41. The molecule has 0 N–H and O–H groups in total. The van der Waals surface area contributed by atoms with Crippen LogP contribution >= 0.6 is 0 Å². The predicted octanol–water partition coefficient (Wildman–Crippen LogP) is 3.83. The molecule has 3 heterocycles. The Morgan fingerprint density at radius 2 is 2.04 bits per heavy atom. The maximum absolute atomic E-state index is 4.28. The maximum Gasteiger partial charge on any atom is 0.0486 e. The lowest BCUT2D eigenvalue weighted by Gasteiger charge is -2.25. The summed E-state index contributed by atoms with van der Waals surface area (Å²) in [4.78, 5) is 6.70. The average molecular weight is 305 g/mol. The third kappa shape index (κ3) is 2.55. The Bertz CT molecular complexity index is 820. The molecule has 0 amide bonds. The van der Waals surface area contributed by atoms with Crippen LogP contribution in [0.4, 0.5) is 0 Å². The van der Waals surface area contributed by atoms with Crippen molar-refractivity contribution < 1.29 is 0 Å². The maximum atomic E-state index is 4.28. The summed E-state index contributed by atoms with van der Waals surface area (Å²) in [5, 5.41) is 1.42. The third-order valence-corrected chi connectivity index (χ3v) is 5.06. The second-order valence-electron chi connectivity index (χ2n) is 6.73. The lowest BCUT2D eigenvalue weighted by Crippen LogP contribution is -2.27. The van der Waals surface area contributed by atoms with Gasteiger partial charge in [-0.15, -0.1) is 0 Å². The molecule has 3 nitrogen and oxygen atoms in total. The SMILES string of the molecule is CC(Cn1c2c(c3ccccc31)CN(C)CC2)c1cccnc1. The molecule has 2 aromatic heterocycles. The zero-order chi connectivity index (χ0) is 15.8. The second kappa shape index (κ2) is 5.82. The van der Waals surface area contributed by atoms with Crippen molar-refractivity contribution in [2.24, 2.45) is 0 Å². The summed E-state index contributed by atoms with van der Waals surface area (Å²) in [7, 11) is 2.22. The molecule has 1 aliphatic rings.